The van der Waals surface area contributed by atoms with Crippen molar-refractivity contribution in [3.05, 3.63) is 90.0 Å². The minimum Gasteiger partial charge on any atom is -0.497 e. The quantitative estimate of drug-likeness (QED) is 0.334. The standard InChI is InChI=1S/C25H26N6O/c1-18-13-14-21(32-2)17-22(18)28-25-30-23(26-16-15-19-9-5-3-6-10-19)29-24(31-25)27-20-11-7-4-8-12-20/h3-14,17H,15-16H2,1-2H3,(H3,26,27,28,29,30,31). The summed E-state index contributed by atoms with van der Waals surface area (Å²) in [5, 5.41) is 9.86. The van der Waals surface area contributed by atoms with Crippen LogP contribution in [0.5, 0.6) is 5.75 Å². The summed E-state index contributed by atoms with van der Waals surface area (Å²) in [5.74, 6) is 2.15. The number of anilines is 5. The first-order valence-electron chi connectivity index (χ1n) is 10.5. The van der Waals surface area contributed by atoms with Gasteiger partial charge in [0.1, 0.15) is 5.75 Å². The second-order valence-electron chi connectivity index (χ2n) is 7.27. The third-order valence-electron chi connectivity index (χ3n) is 4.90. The highest BCUT2D eigenvalue weighted by Crippen LogP contribution is 2.25. The number of rotatable bonds is 9. The molecule has 32 heavy (non-hydrogen) atoms. The van der Waals surface area contributed by atoms with Crippen molar-refractivity contribution in [2.24, 2.45) is 0 Å². The number of ether oxygens (including phenoxy) is 1. The molecule has 0 amide bonds. The minimum atomic E-state index is 0.442. The maximum Gasteiger partial charge on any atom is 0.233 e. The Morgan fingerprint density at radius 2 is 1.41 bits per heavy atom. The van der Waals surface area contributed by atoms with Gasteiger partial charge in [0, 0.05) is 24.0 Å². The second kappa shape index (κ2) is 10.3. The molecule has 3 N–H and O–H groups in total. The third-order valence-corrected chi connectivity index (χ3v) is 4.90. The van der Waals surface area contributed by atoms with Gasteiger partial charge in [-0.15, -0.1) is 0 Å². The van der Waals surface area contributed by atoms with Gasteiger partial charge < -0.3 is 20.7 Å². The lowest BCUT2D eigenvalue weighted by atomic mass is 10.1. The van der Waals surface area contributed by atoms with Crippen LogP contribution in [0.2, 0.25) is 0 Å². The van der Waals surface area contributed by atoms with Crippen LogP contribution in [0.4, 0.5) is 29.2 Å². The lowest BCUT2D eigenvalue weighted by Gasteiger charge is -2.13. The number of nitrogens with one attached hydrogen (secondary N) is 3. The topological polar surface area (TPSA) is 84.0 Å². The molecular formula is C25H26N6O. The average molecular weight is 427 g/mol. The summed E-state index contributed by atoms with van der Waals surface area (Å²) in [6.45, 7) is 2.72. The van der Waals surface area contributed by atoms with Crippen LogP contribution in [0.15, 0.2) is 78.9 Å². The summed E-state index contributed by atoms with van der Waals surface area (Å²) in [6, 6.07) is 26.0. The zero-order valence-corrected chi connectivity index (χ0v) is 18.2. The van der Waals surface area contributed by atoms with Crippen LogP contribution in [-0.4, -0.2) is 28.6 Å². The number of nitrogens with zero attached hydrogens (tertiary/aromatic N) is 3. The number of methoxy groups -OCH3 is 1. The van der Waals surface area contributed by atoms with E-state index in [1.807, 2.05) is 73.7 Å². The van der Waals surface area contributed by atoms with E-state index in [2.05, 4.69) is 43.0 Å². The van der Waals surface area contributed by atoms with Gasteiger partial charge in [0.25, 0.3) is 0 Å². The number of hydrogen-bond donors (Lipinski definition) is 3. The van der Waals surface area contributed by atoms with E-state index >= 15 is 0 Å². The van der Waals surface area contributed by atoms with Crippen molar-refractivity contribution in [1.29, 1.82) is 0 Å². The van der Waals surface area contributed by atoms with Gasteiger partial charge in [0.05, 0.1) is 7.11 Å². The molecule has 0 aliphatic rings. The Morgan fingerprint density at radius 1 is 0.750 bits per heavy atom. The molecule has 1 aromatic heterocycles. The molecule has 0 saturated carbocycles. The molecule has 4 rings (SSSR count). The predicted octanol–water partition coefficient (Wildman–Crippen LogP) is 5.33. The minimum absolute atomic E-state index is 0.442. The van der Waals surface area contributed by atoms with E-state index in [4.69, 9.17) is 4.74 Å². The van der Waals surface area contributed by atoms with Crippen LogP contribution >= 0.6 is 0 Å². The molecule has 0 saturated heterocycles. The molecule has 0 aliphatic heterocycles. The van der Waals surface area contributed by atoms with Crippen LogP contribution in [0.3, 0.4) is 0 Å². The van der Waals surface area contributed by atoms with E-state index in [9.17, 15) is 0 Å². The Morgan fingerprint density at radius 3 is 2.12 bits per heavy atom. The number of hydrogen-bond acceptors (Lipinski definition) is 7. The highest BCUT2D eigenvalue weighted by atomic mass is 16.5. The van der Waals surface area contributed by atoms with Gasteiger partial charge in [-0.25, -0.2) is 0 Å². The molecule has 0 atom stereocenters. The smallest absolute Gasteiger partial charge is 0.233 e. The van der Waals surface area contributed by atoms with Crippen molar-refractivity contribution in [2.45, 2.75) is 13.3 Å². The van der Waals surface area contributed by atoms with E-state index < -0.39 is 0 Å². The molecule has 0 bridgehead atoms. The fourth-order valence-electron chi connectivity index (χ4n) is 3.16. The number of aryl methyl sites for hydroxylation is 1. The lowest BCUT2D eigenvalue weighted by Crippen LogP contribution is -2.12. The van der Waals surface area contributed by atoms with Crippen LogP contribution < -0.4 is 20.7 Å². The van der Waals surface area contributed by atoms with E-state index in [0.717, 1.165) is 29.1 Å². The number of benzene rings is 3. The first-order chi connectivity index (χ1) is 15.7. The lowest BCUT2D eigenvalue weighted by molar-refractivity contribution is 0.415. The number of para-hydroxylation sites is 1. The zero-order chi connectivity index (χ0) is 22.2. The van der Waals surface area contributed by atoms with Crippen molar-refractivity contribution in [1.82, 2.24) is 15.0 Å². The summed E-state index contributed by atoms with van der Waals surface area (Å²) >= 11 is 0. The monoisotopic (exact) mass is 426 g/mol. The highest BCUT2D eigenvalue weighted by Gasteiger charge is 2.09. The molecule has 7 nitrogen and oxygen atoms in total. The van der Waals surface area contributed by atoms with E-state index in [0.29, 0.717) is 24.4 Å². The molecular weight excluding hydrogens is 400 g/mol. The van der Waals surface area contributed by atoms with Gasteiger partial charge in [-0.3, -0.25) is 0 Å². The van der Waals surface area contributed by atoms with Crippen molar-refractivity contribution < 1.29 is 4.74 Å². The molecule has 0 unspecified atom stereocenters. The fourth-order valence-corrected chi connectivity index (χ4v) is 3.16. The summed E-state index contributed by atoms with van der Waals surface area (Å²) < 4.78 is 5.35. The zero-order valence-electron chi connectivity index (χ0n) is 18.2. The molecule has 162 valence electrons. The average Bonchev–Trinajstić information content (AvgIpc) is 2.82. The summed E-state index contributed by atoms with van der Waals surface area (Å²) in [7, 11) is 1.65. The van der Waals surface area contributed by atoms with Crippen molar-refractivity contribution in [3.8, 4) is 5.75 Å². The Labute approximate surface area is 187 Å². The maximum absolute atomic E-state index is 5.35. The van der Waals surface area contributed by atoms with Gasteiger partial charge >= 0.3 is 0 Å². The van der Waals surface area contributed by atoms with Gasteiger partial charge in [0.2, 0.25) is 17.8 Å². The molecule has 0 fully saturated rings. The first-order valence-corrected chi connectivity index (χ1v) is 10.5. The SMILES string of the molecule is COc1ccc(C)c(Nc2nc(NCCc3ccccc3)nc(Nc3ccccc3)n2)c1. The van der Waals surface area contributed by atoms with E-state index in [1.54, 1.807) is 7.11 Å². The summed E-state index contributed by atoms with van der Waals surface area (Å²) in [6.07, 6.45) is 0.867. The highest BCUT2D eigenvalue weighted by molar-refractivity contribution is 5.63. The molecule has 0 radical (unpaired) electrons. The molecule has 3 aromatic carbocycles. The fraction of sp³-hybridized carbons (Fsp3) is 0.160. The van der Waals surface area contributed by atoms with Crippen LogP contribution in [0.25, 0.3) is 0 Å². The second-order valence-corrected chi connectivity index (χ2v) is 7.27. The normalized spacial score (nSPS) is 10.4. The predicted molar refractivity (Wildman–Crippen MR) is 129 cm³/mol. The Kier molecular flexibility index (Phi) is 6.77. The molecule has 4 aromatic rings. The van der Waals surface area contributed by atoms with E-state index in [1.165, 1.54) is 5.56 Å². The van der Waals surface area contributed by atoms with Crippen LogP contribution in [0, 0.1) is 6.92 Å². The summed E-state index contributed by atoms with van der Waals surface area (Å²) in [4.78, 5) is 13.7. The molecule has 1 heterocycles. The van der Waals surface area contributed by atoms with Gasteiger partial charge in [-0.1, -0.05) is 54.6 Å². The Hall–Kier alpha value is -4.13. The summed E-state index contributed by atoms with van der Waals surface area (Å²) in [5.41, 5.74) is 4.08. The third kappa shape index (κ3) is 5.72. The van der Waals surface area contributed by atoms with Crippen molar-refractivity contribution in [2.75, 3.05) is 29.6 Å². The molecule has 0 aliphatic carbocycles. The van der Waals surface area contributed by atoms with Gasteiger partial charge in [-0.05, 0) is 42.7 Å². The molecule has 7 heteroatoms. The number of aromatic nitrogens is 3. The largest absolute Gasteiger partial charge is 0.497 e. The van der Waals surface area contributed by atoms with Crippen LogP contribution in [0.1, 0.15) is 11.1 Å². The molecule has 0 spiro atoms. The van der Waals surface area contributed by atoms with Crippen molar-refractivity contribution in [3.63, 3.8) is 0 Å². The maximum atomic E-state index is 5.35. The Bertz CT molecular complexity index is 1150. The Balaban J connectivity index is 1.56. The van der Waals surface area contributed by atoms with Gasteiger partial charge in [0.15, 0.2) is 0 Å². The van der Waals surface area contributed by atoms with Gasteiger partial charge in [-0.2, -0.15) is 15.0 Å². The van der Waals surface area contributed by atoms with E-state index in [-0.39, 0.29) is 0 Å². The van der Waals surface area contributed by atoms with Crippen molar-refractivity contribution >= 4 is 29.2 Å². The van der Waals surface area contributed by atoms with Crippen LogP contribution in [-0.2, 0) is 6.42 Å². The first kappa shape index (κ1) is 21.1.